The maximum absolute atomic E-state index is 14.6. The number of aryl methyl sites for hydroxylation is 2. The number of hydrogen-bond donors (Lipinski definition) is 1. The second-order valence-corrected chi connectivity index (χ2v) is 15.1. The minimum absolute atomic E-state index is 0.00732. The van der Waals surface area contributed by atoms with Crippen molar-refractivity contribution in [3.63, 3.8) is 0 Å². The van der Waals surface area contributed by atoms with Gasteiger partial charge in [0.2, 0.25) is 5.95 Å². The lowest BCUT2D eigenvalue weighted by molar-refractivity contribution is -0.137. The van der Waals surface area contributed by atoms with Gasteiger partial charge in [0.1, 0.15) is 16.9 Å². The van der Waals surface area contributed by atoms with Crippen molar-refractivity contribution in [3.05, 3.63) is 71.9 Å². The summed E-state index contributed by atoms with van der Waals surface area (Å²) in [6, 6.07) is 10.2. The van der Waals surface area contributed by atoms with Gasteiger partial charge in [-0.05, 0) is 71.2 Å². The van der Waals surface area contributed by atoms with E-state index in [2.05, 4.69) is 25.4 Å². The largest absolute Gasteiger partial charge is 0.444 e. The lowest BCUT2D eigenvalue weighted by atomic mass is 9.94. The third-order valence-corrected chi connectivity index (χ3v) is 10.1. The number of piperidine rings is 1. The molecule has 50 heavy (non-hydrogen) atoms. The van der Waals surface area contributed by atoms with Crippen LogP contribution in [0.5, 0.6) is 0 Å². The van der Waals surface area contributed by atoms with Gasteiger partial charge in [-0.2, -0.15) is 13.2 Å². The summed E-state index contributed by atoms with van der Waals surface area (Å²) < 4.78 is 83.5. The Morgan fingerprint density at radius 2 is 1.78 bits per heavy atom. The molecule has 0 aliphatic carbocycles. The van der Waals surface area contributed by atoms with E-state index >= 15 is 0 Å². The molecule has 16 heteroatoms. The summed E-state index contributed by atoms with van der Waals surface area (Å²) in [5, 5.41) is 7.19. The van der Waals surface area contributed by atoms with Gasteiger partial charge in [0.25, 0.3) is 10.0 Å². The number of pyridine rings is 1. The van der Waals surface area contributed by atoms with Crippen molar-refractivity contribution in [2.75, 3.05) is 18.4 Å². The van der Waals surface area contributed by atoms with Crippen LogP contribution in [0.25, 0.3) is 33.5 Å². The van der Waals surface area contributed by atoms with Crippen LogP contribution in [0.1, 0.15) is 51.1 Å². The SMILES string of the molecule is Cc1noc(C)c1-c1ccc2c(-c3nc(N[C@@H]4CN(C(=O)OC(C)(C)C)CC[C@@H]4C)ncc3C(F)(F)F)cn(S(=O)(=O)c3ccccc3)c2n1. The fourth-order valence-corrected chi connectivity index (χ4v) is 7.26. The van der Waals surface area contributed by atoms with E-state index in [0.717, 1.165) is 10.2 Å². The topological polar surface area (TPSA) is 145 Å². The van der Waals surface area contributed by atoms with E-state index < -0.39 is 45.2 Å². The third-order valence-electron chi connectivity index (χ3n) is 8.48. The molecule has 12 nitrogen and oxygen atoms in total. The number of nitrogens with zero attached hydrogens (tertiary/aromatic N) is 6. The Balaban J connectivity index is 1.49. The molecule has 5 aromatic rings. The summed E-state index contributed by atoms with van der Waals surface area (Å²) in [6.45, 7) is 11.3. The number of carbonyl (C=O) groups excluding carboxylic acids is 1. The molecule has 6 rings (SSSR count). The van der Waals surface area contributed by atoms with Crippen LogP contribution in [0, 0.1) is 19.8 Å². The fourth-order valence-electron chi connectivity index (χ4n) is 5.92. The number of amides is 1. The average Bonchev–Trinajstić information content (AvgIpc) is 3.60. The summed E-state index contributed by atoms with van der Waals surface area (Å²) in [6.07, 6.45) is -3.01. The minimum atomic E-state index is -4.89. The number of benzene rings is 1. The first-order valence-electron chi connectivity index (χ1n) is 15.9. The number of carbonyl (C=O) groups is 1. The lowest BCUT2D eigenvalue weighted by Crippen LogP contribution is -2.50. The predicted octanol–water partition coefficient (Wildman–Crippen LogP) is 7.08. The first kappa shape index (κ1) is 34.9. The normalized spacial score (nSPS) is 17.3. The molecule has 0 saturated carbocycles. The van der Waals surface area contributed by atoms with Gasteiger partial charge in [0.05, 0.1) is 27.5 Å². The zero-order valence-corrected chi connectivity index (χ0v) is 29.1. The number of anilines is 1. The Bertz CT molecular complexity index is 2160. The van der Waals surface area contributed by atoms with Crippen molar-refractivity contribution < 1.29 is 35.6 Å². The first-order chi connectivity index (χ1) is 23.4. The highest BCUT2D eigenvalue weighted by molar-refractivity contribution is 7.90. The number of fused-ring (bicyclic) bond motifs is 1. The summed E-state index contributed by atoms with van der Waals surface area (Å²) in [5.41, 5.74) is -1.29. The number of rotatable bonds is 6. The molecule has 1 aliphatic rings. The third kappa shape index (κ3) is 6.75. The second kappa shape index (κ2) is 12.7. The number of aromatic nitrogens is 5. The molecule has 0 unspecified atom stereocenters. The van der Waals surface area contributed by atoms with E-state index in [1.165, 1.54) is 23.1 Å². The summed E-state index contributed by atoms with van der Waals surface area (Å²) in [4.78, 5) is 27.3. The quantitative estimate of drug-likeness (QED) is 0.194. The Morgan fingerprint density at radius 3 is 2.42 bits per heavy atom. The van der Waals surface area contributed by atoms with Gasteiger partial charge in [-0.25, -0.2) is 32.1 Å². The van der Waals surface area contributed by atoms with Gasteiger partial charge in [-0.3, -0.25) is 0 Å². The number of likely N-dealkylation sites (tertiary alicyclic amines) is 1. The predicted molar refractivity (Wildman–Crippen MR) is 179 cm³/mol. The van der Waals surface area contributed by atoms with Crippen LogP contribution in [0.4, 0.5) is 23.9 Å². The van der Waals surface area contributed by atoms with Crippen molar-refractivity contribution in [1.82, 2.24) is 29.0 Å². The molecule has 264 valence electrons. The smallest absolute Gasteiger partial charge is 0.419 e. The molecule has 0 radical (unpaired) electrons. The van der Waals surface area contributed by atoms with Gasteiger partial charge in [0.15, 0.2) is 5.65 Å². The summed E-state index contributed by atoms with van der Waals surface area (Å²) in [7, 11) is -4.35. The summed E-state index contributed by atoms with van der Waals surface area (Å²) in [5.74, 6) is 0.322. The molecule has 1 fully saturated rings. The van der Waals surface area contributed by atoms with Crippen molar-refractivity contribution >= 4 is 33.1 Å². The Hall–Kier alpha value is -4.99. The van der Waals surface area contributed by atoms with Crippen molar-refractivity contribution in [2.45, 2.75) is 70.7 Å². The van der Waals surface area contributed by atoms with E-state index in [9.17, 15) is 26.4 Å². The maximum Gasteiger partial charge on any atom is 0.419 e. The number of ether oxygens (including phenoxy) is 1. The summed E-state index contributed by atoms with van der Waals surface area (Å²) >= 11 is 0. The maximum atomic E-state index is 14.6. The molecule has 1 saturated heterocycles. The van der Waals surface area contributed by atoms with Gasteiger partial charge < -0.3 is 19.5 Å². The number of hydrogen-bond acceptors (Lipinski definition) is 10. The van der Waals surface area contributed by atoms with Crippen LogP contribution < -0.4 is 5.32 Å². The molecule has 0 bridgehead atoms. The van der Waals surface area contributed by atoms with Gasteiger partial charge in [0, 0.05) is 42.5 Å². The zero-order valence-electron chi connectivity index (χ0n) is 28.2. The van der Waals surface area contributed by atoms with Gasteiger partial charge in [-0.1, -0.05) is 30.3 Å². The highest BCUT2D eigenvalue weighted by atomic mass is 32.2. The van der Waals surface area contributed by atoms with E-state index in [0.29, 0.717) is 41.9 Å². The molecule has 1 N–H and O–H groups in total. The van der Waals surface area contributed by atoms with E-state index in [1.807, 2.05) is 6.92 Å². The van der Waals surface area contributed by atoms with E-state index in [-0.39, 0.29) is 39.9 Å². The van der Waals surface area contributed by atoms with E-state index in [4.69, 9.17) is 9.26 Å². The average molecular weight is 712 g/mol. The Morgan fingerprint density at radius 1 is 1.06 bits per heavy atom. The molecule has 1 aromatic carbocycles. The second-order valence-electron chi connectivity index (χ2n) is 13.3. The van der Waals surface area contributed by atoms with Crippen molar-refractivity contribution in [1.29, 1.82) is 0 Å². The fraction of sp³-hybridized carbons (Fsp3) is 0.382. The first-order valence-corrected chi connectivity index (χ1v) is 17.3. The van der Waals surface area contributed by atoms with Crippen LogP contribution in [-0.4, -0.2) is 68.2 Å². The number of halogens is 3. The van der Waals surface area contributed by atoms with Crippen LogP contribution in [0.3, 0.4) is 0 Å². The lowest BCUT2D eigenvalue weighted by Gasteiger charge is -2.38. The van der Waals surface area contributed by atoms with Crippen LogP contribution in [0.15, 0.2) is 64.3 Å². The number of alkyl halides is 3. The standard InChI is InChI=1S/C34H36F3N7O5S/c1-19-14-15-43(32(45)48-33(4,5)6)18-27(19)40-31-38-16-25(34(35,36)37)29(41-31)24-17-44(50(46,47)22-10-8-7-9-11-22)30-23(24)12-13-26(39-30)28-20(2)42-49-21(28)3/h7-13,16-17,19,27H,14-15,18H2,1-6H3,(H,38,40,41)/t19-,27+/m0/s1. The Kier molecular flexibility index (Phi) is 8.87. The molecule has 4 aromatic heterocycles. The van der Waals surface area contributed by atoms with Crippen molar-refractivity contribution in [2.24, 2.45) is 5.92 Å². The van der Waals surface area contributed by atoms with Crippen LogP contribution in [-0.2, 0) is 20.9 Å². The molecule has 2 atom stereocenters. The monoisotopic (exact) mass is 711 g/mol. The molecule has 1 aliphatic heterocycles. The highest BCUT2D eigenvalue weighted by Crippen LogP contribution is 2.41. The molecule has 0 spiro atoms. The van der Waals surface area contributed by atoms with Crippen molar-refractivity contribution in [3.8, 4) is 22.5 Å². The number of nitrogens with one attached hydrogen (secondary N) is 1. The van der Waals surface area contributed by atoms with Gasteiger partial charge in [-0.15, -0.1) is 0 Å². The molecule has 1 amide bonds. The molecule has 5 heterocycles. The Labute approximate surface area is 286 Å². The van der Waals surface area contributed by atoms with Crippen LogP contribution in [0.2, 0.25) is 0 Å². The van der Waals surface area contributed by atoms with E-state index in [1.54, 1.807) is 58.9 Å². The molecular weight excluding hydrogens is 675 g/mol. The van der Waals surface area contributed by atoms with Gasteiger partial charge >= 0.3 is 12.3 Å². The zero-order chi connectivity index (χ0) is 36.2. The van der Waals surface area contributed by atoms with Crippen LogP contribution >= 0.6 is 0 Å². The minimum Gasteiger partial charge on any atom is -0.444 e. The highest BCUT2D eigenvalue weighted by Gasteiger charge is 2.38. The molecular formula is C34H36F3N7O5S.